The van der Waals surface area contributed by atoms with E-state index in [4.69, 9.17) is 0 Å². The van der Waals surface area contributed by atoms with Gasteiger partial charge in [-0.2, -0.15) is 0 Å². The van der Waals surface area contributed by atoms with Gasteiger partial charge in [-0.05, 0) is 24.6 Å². The Morgan fingerprint density at radius 1 is 1.41 bits per heavy atom. The number of carbonyl (C=O) groups excluding carboxylic acids is 1. The van der Waals surface area contributed by atoms with E-state index in [1.807, 2.05) is 0 Å². The van der Waals surface area contributed by atoms with Crippen LogP contribution in [0.2, 0.25) is 0 Å². The lowest BCUT2D eigenvalue weighted by Crippen LogP contribution is -2.25. The number of hydrogen-bond acceptors (Lipinski definition) is 5. The van der Waals surface area contributed by atoms with Crippen LogP contribution in [0.4, 0.5) is 0 Å². The monoisotopic (exact) mass is 343 g/mol. The Bertz CT molecular complexity index is 796. The summed E-state index contributed by atoms with van der Waals surface area (Å²) < 4.78 is 47.9. The summed E-state index contributed by atoms with van der Waals surface area (Å²) >= 11 is 0. The minimum absolute atomic E-state index is 0.0270. The van der Waals surface area contributed by atoms with Crippen molar-refractivity contribution in [2.24, 2.45) is 0 Å². The average molecular weight is 343 g/mol. The summed E-state index contributed by atoms with van der Waals surface area (Å²) in [5, 5.41) is 1.62. The first-order chi connectivity index (χ1) is 10.3. The summed E-state index contributed by atoms with van der Waals surface area (Å²) in [7, 11) is -7.06. The van der Waals surface area contributed by atoms with Crippen molar-refractivity contribution >= 4 is 25.6 Å². The molecule has 8 heteroatoms. The molecule has 6 nitrogen and oxygen atoms in total. The Hall–Kier alpha value is -1.67. The number of sulfone groups is 2. The zero-order chi connectivity index (χ0) is 16.4. The standard InChI is InChI=1S/C14H17NO5S2/c1-2-7-15-14(16)11-4-3-5-12(9-11)22(19,20)13-6-8-21(17,18)10-13/h2-5,9,13H,1,6-8,10H2,(H,15,16)/t13-/m1/s1. The van der Waals surface area contributed by atoms with Gasteiger partial charge in [0.15, 0.2) is 19.7 Å². The third-order valence-corrected chi connectivity index (χ3v) is 7.63. The van der Waals surface area contributed by atoms with E-state index in [2.05, 4.69) is 11.9 Å². The molecule has 1 aromatic carbocycles. The highest BCUT2D eigenvalue weighted by Crippen LogP contribution is 2.25. The molecule has 22 heavy (non-hydrogen) atoms. The molecule has 1 fully saturated rings. The van der Waals surface area contributed by atoms with Crippen LogP contribution in [0, 0.1) is 0 Å². The first-order valence-corrected chi connectivity index (χ1v) is 10.1. The Morgan fingerprint density at radius 3 is 2.73 bits per heavy atom. The van der Waals surface area contributed by atoms with Crippen molar-refractivity contribution in [1.82, 2.24) is 5.32 Å². The highest BCUT2D eigenvalue weighted by atomic mass is 32.2. The quantitative estimate of drug-likeness (QED) is 0.788. The van der Waals surface area contributed by atoms with E-state index < -0.39 is 30.8 Å². The number of amides is 1. The molecule has 1 heterocycles. The van der Waals surface area contributed by atoms with Gasteiger partial charge >= 0.3 is 0 Å². The van der Waals surface area contributed by atoms with Crippen LogP contribution in [0.25, 0.3) is 0 Å². The van der Waals surface area contributed by atoms with Crippen LogP contribution in [-0.4, -0.2) is 46.0 Å². The van der Waals surface area contributed by atoms with Gasteiger partial charge in [-0.1, -0.05) is 12.1 Å². The zero-order valence-electron chi connectivity index (χ0n) is 11.9. The van der Waals surface area contributed by atoms with Crippen molar-refractivity contribution < 1.29 is 21.6 Å². The molecule has 1 atom stereocenters. The number of carbonyl (C=O) groups is 1. The minimum Gasteiger partial charge on any atom is -0.349 e. The van der Waals surface area contributed by atoms with Crippen molar-refractivity contribution in [2.45, 2.75) is 16.6 Å². The van der Waals surface area contributed by atoms with Crippen LogP contribution in [0.1, 0.15) is 16.8 Å². The number of nitrogens with one attached hydrogen (secondary N) is 1. The van der Waals surface area contributed by atoms with Gasteiger partial charge in [0.05, 0.1) is 21.7 Å². The summed E-state index contributed by atoms with van der Waals surface area (Å²) in [6.45, 7) is 3.76. The molecule has 0 aromatic heterocycles. The van der Waals surface area contributed by atoms with Crippen molar-refractivity contribution in [3.63, 3.8) is 0 Å². The fourth-order valence-corrected chi connectivity index (χ4v) is 6.68. The third kappa shape index (κ3) is 3.56. The van der Waals surface area contributed by atoms with E-state index >= 15 is 0 Å². The molecule has 0 aliphatic carbocycles. The van der Waals surface area contributed by atoms with Crippen molar-refractivity contribution in [2.75, 3.05) is 18.1 Å². The van der Waals surface area contributed by atoms with E-state index in [1.54, 1.807) is 0 Å². The Morgan fingerprint density at radius 2 is 2.14 bits per heavy atom. The second-order valence-corrected chi connectivity index (χ2v) is 9.55. The first kappa shape index (κ1) is 16.7. The lowest BCUT2D eigenvalue weighted by molar-refractivity contribution is 0.0958. The van der Waals surface area contributed by atoms with Gasteiger partial charge in [-0.3, -0.25) is 4.79 Å². The van der Waals surface area contributed by atoms with Crippen LogP contribution >= 0.6 is 0 Å². The molecule has 0 unspecified atom stereocenters. The molecule has 2 rings (SSSR count). The first-order valence-electron chi connectivity index (χ1n) is 6.70. The molecule has 1 amide bonds. The molecule has 0 spiro atoms. The van der Waals surface area contributed by atoms with Crippen molar-refractivity contribution in [1.29, 1.82) is 0 Å². The van der Waals surface area contributed by atoms with Gasteiger partial charge in [-0.25, -0.2) is 16.8 Å². The van der Waals surface area contributed by atoms with E-state index in [0.717, 1.165) is 0 Å². The molecular weight excluding hydrogens is 326 g/mol. The predicted octanol–water partition coefficient (Wildman–Crippen LogP) is 0.563. The molecular formula is C14H17NO5S2. The fraction of sp³-hybridized carbons (Fsp3) is 0.357. The highest BCUT2D eigenvalue weighted by Gasteiger charge is 2.38. The molecule has 1 aliphatic heterocycles. The fourth-order valence-electron chi connectivity index (χ4n) is 2.28. The number of benzene rings is 1. The second-order valence-electron chi connectivity index (χ2n) is 5.10. The van der Waals surface area contributed by atoms with Gasteiger partial charge in [-0.15, -0.1) is 6.58 Å². The maximum atomic E-state index is 12.5. The average Bonchev–Trinajstić information content (AvgIpc) is 2.85. The molecule has 1 saturated heterocycles. The number of rotatable bonds is 5. The van der Waals surface area contributed by atoms with Gasteiger partial charge in [0.25, 0.3) is 5.91 Å². The molecule has 1 aromatic rings. The third-order valence-electron chi connectivity index (χ3n) is 3.46. The summed E-state index contributed by atoms with van der Waals surface area (Å²) in [4.78, 5) is 11.8. The van der Waals surface area contributed by atoms with Crippen molar-refractivity contribution in [3.8, 4) is 0 Å². The van der Waals surface area contributed by atoms with E-state index in [0.29, 0.717) is 0 Å². The van der Waals surface area contributed by atoms with Crippen LogP contribution in [0.3, 0.4) is 0 Å². The van der Waals surface area contributed by atoms with E-state index in [-0.39, 0.29) is 34.9 Å². The van der Waals surface area contributed by atoms with Crippen LogP contribution < -0.4 is 5.32 Å². The maximum Gasteiger partial charge on any atom is 0.251 e. The van der Waals surface area contributed by atoms with Gasteiger partial charge in [0.2, 0.25) is 0 Å². The van der Waals surface area contributed by atoms with Crippen LogP contribution in [0.5, 0.6) is 0 Å². The number of hydrogen-bond donors (Lipinski definition) is 1. The summed E-state index contributed by atoms with van der Waals surface area (Å²) in [5.74, 6) is -0.880. The van der Waals surface area contributed by atoms with Gasteiger partial charge in [0, 0.05) is 12.1 Å². The lowest BCUT2D eigenvalue weighted by atomic mass is 10.2. The van der Waals surface area contributed by atoms with Gasteiger partial charge in [0.1, 0.15) is 0 Å². The maximum absolute atomic E-state index is 12.5. The summed E-state index contributed by atoms with van der Waals surface area (Å²) in [6, 6.07) is 5.63. The Labute approximate surface area is 130 Å². The summed E-state index contributed by atoms with van der Waals surface area (Å²) in [5.41, 5.74) is 0.212. The van der Waals surface area contributed by atoms with Crippen molar-refractivity contribution in [3.05, 3.63) is 42.5 Å². The molecule has 120 valence electrons. The molecule has 0 saturated carbocycles. The molecule has 1 aliphatic rings. The van der Waals surface area contributed by atoms with Crippen LogP contribution in [0.15, 0.2) is 41.8 Å². The van der Waals surface area contributed by atoms with E-state index in [1.165, 1.54) is 30.3 Å². The van der Waals surface area contributed by atoms with Gasteiger partial charge < -0.3 is 5.32 Å². The highest BCUT2D eigenvalue weighted by molar-refractivity contribution is 7.96. The Balaban J connectivity index is 2.29. The zero-order valence-corrected chi connectivity index (χ0v) is 13.5. The molecule has 0 radical (unpaired) electrons. The largest absolute Gasteiger partial charge is 0.349 e. The normalized spacial score (nSPS) is 20.5. The lowest BCUT2D eigenvalue weighted by Gasteiger charge is -2.11. The predicted molar refractivity (Wildman–Crippen MR) is 83.2 cm³/mol. The minimum atomic E-state index is -3.77. The SMILES string of the molecule is C=CCNC(=O)c1cccc(S(=O)(=O)[C@@H]2CCS(=O)(=O)C2)c1. The molecule has 1 N–H and O–H groups in total. The molecule has 0 bridgehead atoms. The second kappa shape index (κ2) is 6.21. The van der Waals surface area contributed by atoms with Crippen LogP contribution in [-0.2, 0) is 19.7 Å². The smallest absolute Gasteiger partial charge is 0.251 e. The summed E-state index contributed by atoms with van der Waals surface area (Å²) in [6.07, 6.45) is 1.61. The van der Waals surface area contributed by atoms with E-state index in [9.17, 15) is 21.6 Å². The topological polar surface area (TPSA) is 97.4 Å². The Kier molecular flexibility index (Phi) is 4.72.